The minimum atomic E-state index is -0.427. The Morgan fingerprint density at radius 1 is 1.07 bits per heavy atom. The summed E-state index contributed by atoms with van der Waals surface area (Å²) >= 11 is 6.09. The van der Waals surface area contributed by atoms with Crippen molar-refractivity contribution in [3.05, 3.63) is 83.2 Å². The van der Waals surface area contributed by atoms with Gasteiger partial charge in [-0.25, -0.2) is 14.4 Å². The van der Waals surface area contributed by atoms with Gasteiger partial charge in [0.25, 0.3) is 0 Å². The summed E-state index contributed by atoms with van der Waals surface area (Å²) in [5.41, 5.74) is 3.31. The second-order valence-corrected chi connectivity index (χ2v) is 40.0. The summed E-state index contributed by atoms with van der Waals surface area (Å²) in [4.78, 5) is 22.8. The lowest BCUT2D eigenvalue weighted by molar-refractivity contribution is -0.117. The van der Waals surface area contributed by atoms with Crippen LogP contribution in [-0.4, -0.2) is 32.2 Å². The van der Waals surface area contributed by atoms with E-state index in [0.717, 1.165) is 30.5 Å². The van der Waals surface area contributed by atoms with E-state index in [2.05, 4.69) is 65.0 Å². The molecule has 1 amide bonds. The zero-order chi connectivity index (χ0) is 30.4. The highest BCUT2D eigenvalue weighted by molar-refractivity contribution is 9.10. The fourth-order valence-corrected chi connectivity index (χ4v) is 65.6. The number of hydrogen-bond donors (Lipinski definition) is 1. The number of hydrogen-bond acceptors (Lipinski definition) is 5. The third-order valence-corrected chi connectivity index (χ3v) is 50.8. The van der Waals surface area contributed by atoms with Crippen LogP contribution in [0.4, 0.5) is 21.7 Å². The van der Waals surface area contributed by atoms with Crippen LogP contribution in [0.5, 0.6) is 0 Å². The first-order valence-electron chi connectivity index (χ1n) is 12.4. The average molecular weight is 753 g/mol. The third kappa shape index (κ3) is 9.09. The van der Waals surface area contributed by atoms with Gasteiger partial charge in [0.1, 0.15) is 22.6 Å². The number of pyridine rings is 2. The second-order valence-electron chi connectivity index (χ2n) is 8.96. The van der Waals surface area contributed by atoms with Crippen molar-refractivity contribution < 1.29 is 9.18 Å². The molecule has 18 heteroatoms. The smallest absolute Gasteiger partial charge is 0.231 e. The molecule has 4 heterocycles. The van der Waals surface area contributed by atoms with Gasteiger partial charge in [0, 0.05) is 32.1 Å². The second kappa shape index (κ2) is 16.6. The van der Waals surface area contributed by atoms with Crippen LogP contribution >= 0.6 is 85.2 Å². The highest BCUT2D eigenvalue weighted by Gasteiger charge is 2.29. The molecule has 0 spiro atoms. The van der Waals surface area contributed by atoms with E-state index in [1.165, 1.54) is 11.0 Å². The lowest BCUT2D eigenvalue weighted by Gasteiger charge is -2.22. The minimum absolute atomic E-state index is 0.0701. The van der Waals surface area contributed by atoms with Gasteiger partial charge in [-0.1, -0.05) is 25.6 Å². The van der Waals surface area contributed by atoms with Crippen LogP contribution in [0.25, 0.3) is 11.1 Å². The summed E-state index contributed by atoms with van der Waals surface area (Å²) < 4.78 is 17.0. The maximum absolute atomic E-state index is 15.2. The summed E-state index contributed by atoms with van der Waals surface area (Å²) in [5, 5.41) is 7.62. The van der Waals surface area contributed by atoms with E-state index >= 15 is 4.39 Å². The maximum atomic E-state index is 15.2. The van der Waals surface area contributed by atoms with Gasteiger partial charge in [0.05, 0.1) is 18.3 Å². The van der Waals surface area contributed by atoms with E-state index in [-0.39, 0.29) is 31.5 Å². The van der Waals surface area contributed by atoms with E-state index in [0.29, 0.717) is 37.0 Å². The van der Waals surface area contributed by atoms with Gasteiger partial charge in [0.15, 0.2) is 0 Å². The fraction of sp³-hybridized carbons (Fsp3) is 0.167. The summed E-state index contributed by atoms with van der Waals surface area (Å²) in [6, 6.07) is 12.4. The lowest BCUT2D eigenvalue weighted by atomic mass is 10.0. The Labute approximate surface area is 267 Å². The minimum Gasteiger partial charge on any atom is -0.325 e. The monoisotopic (exact) mass is 752 g/mol. The summed E-state index contributed by atoms with van der Waals surface area (Å²) in [6.07, 6.45) is 5.59. The molecule has 222 valence electrons. The van der Waals surface area contributed by atoms with Gasteiger partial charge in [-0.3, -0.25) is 9.48 Å². The molecular weight excluding hydrogens is 722 g/mol. The van der Waals surface area contributed by atoms with Crippen molar-refractivity contribution in [3.8, 4) is 11.1 Å². The molecule has 6 unspecified atom stereocenters. The molecule has 0 saturated carbocycles. The van der Waals surface area contributed by atoms with Crippen LogP contribution in [0.3, 0.4) is 0 Å². The Balaban J connectivity index is 0.000000392. The summed E-state index contributed by atoms with van der Waals surface area (Å²) in [5.74, 6) is 0.787. The number of carbonyl (C=O) groups is 1. The van der Waals surface area contributed by atoms with Gasteiger partial charge < -0.3 is 10.2 Å². The molecule has 1 aliphatic heterocycles. The first kappa shape index (κ1) is 35.0. The number of aryl methyl sites for hydroxylation is 1. The third-order valence-electron chi connectivity index (χ3n) is 6.22. The molecule has 1 aromatic carbocycles. The van der Waals surface area contributed by atoms with Crippen molar-refractivity contribution in [2.24, 2.45) is 7.05 Å². The van der Waals surface area contributed by atoms with E-state index in [1.54, 1.807) is 35.4 Å². The maximum Gasteiger partial charge on any atom is 0.231 e. The molecule has 1 aliphatic rings. The normalized spacial score (nSPS) is 12.8. The van der Waals surface area contributed by atoms with E-state index in [1.807, 2.05) is 31.3 Å². The number of aromatic nitrogens is 4. The molecule has 0 fully saturated rings. The molecule has 6 atom stereocenters. The van der Waals surface area contributed by atoms with Crippen molar-refractivity contribution >= 4 is 108 Å². The Kier molecular flexibility index (Phi) is 13.8. The first-order valence-corrected chi connectivity index (χ1v) is 28.3. The highest BCUT2D eigenvalue weighted by atomic mass is 35.5. The topological polar surface area (TPSA) is 75.9 Å². The predicted octanol–water partition coefficient (Wildman–Crippen LogP) is 9.35. The SMILES string of the molecule is Cn1nccc1Nc1cc(-c2cc(F)c3c(c2)CCN3C(=O)Cc2cccnc2Cl)ccn1.PPP(P(P)P)P(P)P. The molecule has 1 N–H and O–H groups in total. The van der Waals surface area contributed by atoms with E-state index in [9.17, 15) is 4.79 Å². The number of benzene rings is 1. The molecule has 42 heavy (non-hydrogen) atoms. The zero-order valence-electron chi connectivity index (χ0n) is 22.5. The molecule has 3 aromatic heterocycles. The van der Waals surface area contributed by atoms with E-state index in [4.69, 9.17) is 11.6 Å². The quantitative estimate of drug-likeness (QED) is 0.144. The van der Waals surface area contributed by atoms with Gasteiger partial charge in [-0.2, -0.15) is 5.10 Å². The number of amides is 1. The highest BCUT2D eigenvalue weighted by Crippen LogP contribution is 3.04. The standard InChI is InChI=1S/C24H20ClFN6O.H11P9/c1-31-21(5-9-29-31)30-20-13-15(4-8-27-20)18-11-16-6-10-32(23(16)19(26)12-18)22(33)14-17-3-2-7-28-24(17)25;1-6-9(7(2)3)8(4)5/h2-5,7-9,11-13H,6,10,14H2,1H3,(H,27,30);6H,1-5H2. The Hall–Kier alpha value is 0.0900. The Bertz CT molecular complexity index is 1540. The van der Waals surface area contributed by atoms with Crippen molar-refractivity contribution in [1.82, 2.24) is 19.7 Å². The van der Waals surface area contributed by atoms with Crippen molar-refractivity contribution in [1.29, 1.82) is 0 Å². The van der Waals surface area contributed by atoms with Crippen molar-refractivity contribution in [2.45, 2.75) is 12.8 Å². The lowest BCUT2D eigenvalue weighted by Crippen LogP contribution is -2.31. The largest absolute Gasteiger partial charge is 0.325 e. The van der Waals surface area contributed by atoms with Crippen LogP contribution < -0.4 is 10.2 Å². The number of fused-ring (bicyclic) bond motifs is 1. The fourth-order valence-electron chi connectivity index (χ4n) is 4.28. The number of rotatable bonds is 8. The van der Waals surface area contributed by atoms with Gasteiger partial charge in [0.2, 0.25) is 5.91 Å². The first-order chi connectivity index (χ1) is 20.1. The molecule has 4 aromatic rings. The van der Waals surface area contributed by atoms with Crippen molar-refractivity contribution in [2.75, 3.05) is 16.8 Å². The number of halogens is 2. The predicted molar refractivity (Wildman–Crippen MR) is 203 cm³/mol. The molecular formula is C24H31ClFN6OP9. The van der Waals surface area contributed by atoms with Gasteiger partial charge >= 0.3 is 0 Å². The molecule has 0 radical (unpaired) electrons. The van der Waals surface area contributed by atoms with Crippen LogP contribution in [-0.2, 0) is 24.7 Å². The molecule has 0 bridgehead atoms. The van der Waals surface area contributed by atoms with Crippen LogP contribution in [0.1, 0.15) is 11.1 Å². The summed E-state index contributed by atoms with van der Waals surface area (Å²) in [6.45, 7) is 1.07. The van der Waals surface area contributed by atoms with Crippen LogP contribution in [0.15, 0.2) is 61.1 Å². The summed E-state index contributed by atoms with van der Waals surface area (Å²) in [7, 11) is 17.5. The Morgan fingerprint density at radius 2 is 1.83 bits per heavy atom. The molecule has 0 aliphatic carbocycles. The molecule has 7 nitrogen and oxygen atoms in total. The van der Waals surface area contributed by atoms with Gasteiger partial charge in [-0.05, 0) is 80.0 Å². The number of carbonyl (C=O) groups excluding carboxylic acids is 1. The van der Waals surface area contributed by atoms with Crippen LogP contribution in [0, 0.1) is 5.82 Å². The zero-order valence-corrected chi connectivity index (χ0v) is 32.7. The van der Waals surface area contributed by atoms with Crippen LogP contribution in [0.2, 0.25) is 5.15 Å². The van der Waals surface area contributed by atoms with Crippen molar-refractivity contribution in [3.63, 3.8) is 0 Å². The Morgan fingerprint density at radius 3 is 2.45 bits per heavy atom. The average Bonchev–Trinajstić information content (AvgIpc) is 3.57. The van der Waals surface area contributed by atoms with Gasteiger partial charge in [-0.15, -0.1) is 44.6 Å². The molecule has 0 saturated heterocycles. The van der Waals surface area contributed by atoms with E-state index < -0.39 is 5.82 Å². The number of nitrogens with one attached hydrogen (secondary N) is 1. The molecule has 5 rings (SSSR count). The number of nitrogens with zero attached hydrogens (tertiary/aromatic N) is 5. The number of anilines is 3.